The fourth-order valence-corrected chi connectivity index (χ4v) is 6.94. The van der Waals surface area contributed by atoms with Gasteiger partial charge in [0.2, 0.25) is 11.8 Å². The van der Waals surface area contributed by atoms with Crippen molar-refractivity contribution >= 4 is 29.5 Å². The maximum Gasteiger partial charge on any atom is 0.249 e. The molecule has 2 aliphatic heterocycles. The van der Waals surface area contributed by atoms with Gasteiger partial charge in [0.15, 0.2) is 0 Å². The van der Waals surface area contributed by atoms with E-state index >= 15 is 0 Å². The topological polar surface area (TPSA) is 98.8 Å². The number of nitrogens with zero attached hydrogens (tertiary/aromatic N) is 1. The van der Waals surface area contributed by atoms with E-state index in [0.29, 0.717) is 19.4 Å². The Morgan fingerprint density at radius 3 is 2.59 bits per heavy atom. The van der Waals surface area contributed by atoms with E-state index in [9.17, 15) is 19.5 Å². The van der Waals surface area contributed by atoms with Crippen LogP contribution in [0.1, 0.15) is 64.9 Å². The van der Waals surface area contributed by atoms with Crippen LogP contribution in [0.15, 0.2) is 24.3 Å². The number of ether oxygens (including phenoxy) is 1. The van der Waals surface area contributed by atoms with Gasteiger partial charge in [0.25, 0.3) is 0 Å². The average molecular weight is 460 g/mol. The Morgan fingerprint density at radius 1 is 1.25 bits per heavy atom. The molecule has 0 radical (unpaired) electrons. The third-order valence-corrected chi connectivity index (χ3v) is 8.57. The maximum absolute atomic E-state index is 13.7. The fourth-order valence-electron chi connectivity index (χ4n) is 5.32. The summed E-state index contributed by atoms with van der Waals surface area (Å²) in [4.78, 5) is 39.6. The van der Waals surface area contributed by atoms with E-state index in [0.717, 1.165) is 37.0 Å². The molecule has 3 atom stereocenters. The Morgan fingerprint density at radius 2 is 1.94 bits per heavy atom. The van der Waals surface area contributed by atoms with Crippen molar-refractivity contribution in [3.63, 3.8) is 0 Å². The predicted octanol–water partition coefficient (Wildman–Crippen LogP) is 1.97. The van der Waals surface area contributed by atoms with Crippen LogP contribution in [-0.2, 0) is 19.8 Å². The number of β-lactam (4-membered cyclic amide) rings is 1. The summed E-state index contributed by atoms with van der Waals surface area (Å²) in [6.07, 6.45) is 5.22. The van der Waals surface area contributed by atoms with Crippen LogP contribution in [0.25, 0.3) is 0 Å². The second-order valence-electron chi connectivity index (χ2n) is 9.52. The third-order valence-electron chi connectivity index (χ3n) is 7.00. The molecule has 8 heteroatoms. The van der Waals surface area contributed by atoms with E-state index in [2.05, 4.69) is 12.2 Å². The van der Waals surface area contributed by atoms with Crippen LogP contribution in [-0.4, -0.2) is 51.5 Å². The highest BCUT2D eigenvalue weighted by atomic mass is 32.2. The highest BCUT2D eigenvalue weighted by Gasteiger charge is 2.63. The molecule has 0 aromatic heterocycles. The lowest BCUT2D eigenvalue weighted by Crippen LogP contribution is -2.72. The average Bonchev–Trinajstić information content (AvgIpc) is 3.34. The zero-order chi connectivity index (χ0) is 23.1. The quantitative estimate of drug-likeness (QED) is 0.471. The summed E-state index contributed by atoms with van der Waals surface area (Å²) < 4.78 is 5.36. The van der Waals surface area contributed by atoms with Gasteiger partial charge in [-0.3, -0.25) is 9.59 Å². The molecule has 1 aromatic rings. The minimum Gasteiger partial charge on any atom is -0.548 e. The maximum atomic E-state index is 13.7. The Balaban J connectivity index is 1.56. The molecule has 1 aromatic carbocycles. The van der Waals surface area contributed by atoms with Gasteiger partial charge in [0.05, 0.1) is 24.0 Å². The van der Waals surface area contributed by atoms with Crippen LogP contribution in [0.5, 0.6) is 5.75 Å². The minimum absolute atomic E-state index is 0.171. The highest BCUT2D eigenvalue weighted by molar-refractivity contribution is 8.01. The van der Waals surface area contributed by atoms with Gasteiger partial charge >= 0.3 is 0 Å². The Hall–Kier alpha value is -2.22. The van der Waals surface area contributed by atoms with Crippen LogP contribution in [0.4, 0.5) is 0 Å². The predicted molar refractivity (Wildman–Crippen MR) is 120 cm³/mol. The molecule has 7 nitrogen and oxygen atoms in total. The number of para-hydroxylation sites is 1. The smallest absolute Gasteiger partial charge is 0.249 e. The number of thioether (sulfide) groups is 1. The van der Waals surface area contributed by atoms with Crippen molar-refractivity contribution in [1.29, 1.82) is 0 Å². The molecule has 2 amide bonds. The van der Waals surface area contributed by atoms with E-state index in [-0.39, 0.29) is 17.2 Å². The summed E-state index contributed by atoms with van der Waals surface area (Å²) in [7, 11) is 0. The number of nitrogens with one attached hydrogen (secondary N) is 1. The van der Waals surface area contributed by atoms with Gasteiger partial charge in [0.1, 0.15) is 17.2 Å². The van der Waals surface area contributed by atoms with Crippen molar-refractivity contribution in [2.45, 2.75) is 86.9 Å². The van der Waals surface area contributed by atoms with Gasteiger partial charge in [-0.1, -0.05) is 44.4 Å². The second-order valence-corrected chi connectivity index (χ2v) is 11.3. The number of benzene rings is 1. The van der Waals surface area contributed by atoms with Crippen molar-refractivity contribution in [2.24, 2.45) is 0 Å². The first-order chi connectivity index (χ1) is 15.2. The van der Waals surface area contributed by atoms with Gasteiger partial charge in [-0.2, -0.15) is 0 Å². The number of carbonyl (C=O) groups is 3. The number of hydrogen-bond acceptors (Lipinski definition) is 6. The molecule has 32 heavy (non-hydrogen) atoms. The third kappa shape index (κ3) is 3.66. The van der Waals surface area contributed by atoms with Gasteiger partial charge in [-0.15, -0.1) is 11.8 Å². The Labute approximate surface area is 193 Å². The summed E-state index contributed by atoms with van der Waals surface area (Å²) in [5, 5.41) is 14.3. The molecular weight excluding hydrogens is 428 g/mol. The Bertz CT molecular complexity index is 911. The van der Waals surface area contributed by atoms with E-state index in [4.69, 9.17) is 4.74 Å². The van der Waals surface area contributed by atoms with Crippen molar-refractivity contribution in [3.05, 3.63) is 29.8 Å². The zero-order valence-electron chi connectivity index (χ0n) is 18.9. The number of carboxylic acid groups (broad SMARTS) is 1. The fraction of sp³-hybridized carbons (Fsp3) is 0.625. The van der Waals surface area contributed by atoms with E-state index in [1.165, 1.54) is 16.7 Å². The molecule has 174 valence electrons. The molecule has 1 aliphatic carbocycles. The van der Waals surface area contributed by atoms with Crippen LogP contribution < -0.4 is 15.2 Å². The number of aliphatic carboxylic acids is 1. The first kappa shape index (κ1) is 23.0. The van der Waals surface area contributed by atoms with E-state index in [1.54, 1.807) is 13.8 Å². The molecule has 3 aliphatic rings. The molecule has 2 saturated heterocycles. The number of unbranched alkanes of at least 4 members (excludes halogenated alkanes) is 1. The number of carboxylic acids is 1. The first-order valence-corrected chi connectivity index (χ1v) is 12.3. The van der Waals surface area contributed by atoms with Gasteiger partial charge < -0.3 is 24.9 Å². The normalized spacial score (nSPS) is 27.5. The van der Waals surface area contributed by atoms with Crippen molar-refractivity contribution in [2.75, 3.05) is 6.61 Å². The van der Waals surface area contributed by atoms with Gasteiger partial charge in [-0.05, 0) is 39.2 Å². The van der Waals surface area contributed by atoms with E-state index in [1.807, 2.05) is 24.3 Å². The highest BCUT2D eigenvalue weighted by Crippen LogP contribution is 2.51. The lowest BCUT2D eigenvalue weighted by Gasteiger charge is -2.46. The molecule has 3 fully saturated rings. The van der Waals surface area contributed by atoms with Crippen LogP contribution in [0.3, 0.4) is 0 Å². The molecule has 1 saturated carbocycles. The zero-order valence-corrected chi connectivity index (χ0v) is 19.7. The minimum atomic E-state index is -1.26. The SMILES string of the molecule is CCCCOc1ccccc1C1(C(=O)N[C@@H]2C(=O)N3C2SC(C)(C)C3C(=O)[O-])CCCC1. The second kappa shape index (κ2) is 8.61. The van der Waals surface area contributed by atoms with Crippen molar-refractivity contribution in [1.82, 2.24) is 10.2 Å². The summed E-state index contributed by atoms with van der Waals surface area (Å²) in [5.41, 5.74) is 0.137. The monoisotopic (exact) mass is 459 g/mol. The molecule has 4 rings (SSSR count). The van der Waals surface area contributed by atoms with Crippen LogP contribution >= 0.6 is 11.8 Å². The molecule has 0 spiro atoms. The molecular formula is C24H31N2O5S-. The van der Waals surface area contributed by atoms with Crippen molar-refractivity contribution in [3.8, 4) is 5.75 Å². The summed E-state index contributed by atoms with van der Waals surface area (Å²) in [6, 6.07) is 5.99. The molecule has 2 heterocycles. The van der Waals surface area contributed by atoms with Crippen molar-refractivity contribution < 1.29 is 24.2 Å². The standard InChI is InChI=1S/C24H32N2O5S/c1-4-5-14-31-16-11-7-6-10-15(16)24(12-8-9-13-24)22(30)25-17-19(27)26-18(21(28)29)23(2,3)32-20(17)26/h6-7,10-11,17-18,20H,4-5,8-9,12-14H2,1-3H3,(H,25,30)(H,28,29)/p-1/t17-,18?,20?/m1/s1. The molecule has 0 bridgehead atoms. The summed E-state index contributed by atoms with van der Waals surface area (Å²) >= 11 is 1.41. The number of fused-ring (bicyclic) bond motifs is 1. The molecule has 1 N–H and O–H groups in total. The lowest BCUT2D eigenvalue weighted by molar-refractivity contribution is -0.312. The van der Waals surface area contributed by atoms with Gasteiger partial charge in [-0.25, -0.2) is 0 Å². The lowest BCUT2D eigenvalue weighted by atomic mass is 9.77. The summed E-state index contributed by atoms with van der Waals surface area (Å²) in [6.45, 7) is 6.29. The Kier molecular flexibility index (Phi) is 6.18. The first-order valence-electron chi connectivity index (χ1n) is 11.5. The van der Waals surface area contributed by atoms with Gasteiger partial charge in [0, 0.05) is 10.3 Å². The van der Waals surface area contributed by atoms with Crippen LogP contribution in [0, 0.1) is 0 Å². The van der Waals surface area contributed by atoms with E-state index < -0.39 is 28.2 Å². The number of amides is 2. The number of rotatable bonds is 8. The number of hydrogen-bond donors (Lipinski definition) is 1. The molecule has 2 unspecified atom stereocenters. The largest absolute Gasteiger partial charge is 0.548 e. The number of carbonyl (C=O) groups excluding carboxylic acids is 3. The van der Waals surface area contributed by atoms with Crippen LogP contribution in [0.2, 0.25) is 0 Å². The summed E-state index contributed by atoms with van der Waals surface area (Å²) in [5.74, 6) is -1.05.